The van der Waals surface area contributed by atoms with E-state index in [0.29, 0.717) is 17.0 Å². The number of carbonyl (C=O) groups is 1. The first-order chi connectivity index (χ1) is 14.2. The zero-order valence-corrected chi connectivity index (χ0v) is 18.2. The lowest BCUT2D eigenvalue weighted by atomic mass is 10.1. The Labute approximate surface area is 177 Å². The lowest BCUT2D eigenvalue weighted by Gasteiger charge is -2.20. The molecule has 0 radical (unpaired) electrons. The predicted octanol–water partition coefficient (Wildman–Crippen LogP) is 4.39. The van der Waals surface area contributed by atoms with Crippen molar-refractivity contribution in [2.24, 2.45) is 0 Å². The summed E-state index contributed by atoms with van der Waals surface area (Å²) in [6, 6.07) is 18.4. The maximum atomic E-state index is 13.0. The summed E-state index contributed by atoms with van der Waals surface area (Å²) in [5, 5.41) is 2.88. The molecule has 3 aromatic rings. The number of amides is 1. The third kappa shape index (κ3) is 4.46. The number of rotatable bonds is 6. The smallest absolute Gasteiger partial charge is 0.264 e. The Hall–Kier alpha value is -3.32. The van der Waals surface area contributed by atoms with E-state index < -0.39 is 10.0 Å². The number of anilines is 2. The number of nitrogens with one attached hydrogen (secondary N) is 1. The standard InChI is InChI=1S/C23H24N2O4S/c1-16-8-13-22(17(2)14-16)24-23(26)18-6-5-7-19(15-18)25(3)30(27,28)21-11-9-20(29-4)10-12-21/h5-15H,1-4H3,(H,24,26). The minimum absolute atomic E-state index is 0.135. The van der Waals surface area contributed by atoms with Gasteiger partial charge in [-0.1, -0.05) is 23.8 Å². The molecule has 156 valence electrons. The van der Waals surface area contributed by atoms with Crippen molar-refractivity contribution in [1.82, 2.24) is 0 Å². The normalized spacial score (nSPS) is 11.1. The number of hydrogen-bond acceptors (Lipinski definition) is 4. The lowest BCUT2D eigenvalue weighted by molar-refractivity contribution is 0.102. The molecule has 0 aromatic heterocycles. The molecule has 0 atom stereocenters. The van der Waals surface area contributed by atoms with Crippen LogP contribution in [0.1, 0.15) is 21.5 Å². The van der Waals surface area contributed by atoms with Gasteiger partial charge in [-0.3, -0.25) is 9.10 Å². The lowest BCUT2D eigenvalue weighted by Crippen LogP contribution is -2.26. The summed E-state index contributed by atoms with van der Waals surface area (Å²) >= 11 is 0. The van der Waals surface area contributed by atoms with E-state index in [4.69, 9.17) is 4.74 Å². The van der Waals surface area contributed by atoms with Crippen molar-refractivity contribution >= 4 is 27.3 Å². The Balaban J connectivity index is 1.85. The number of sulfonamides is 1. The fourth-order valence-electron chi connectivity index (χ4n) is 3.04. The molecule has 0 heterocycles. The molecule has 0 unspecified atom stereocenters. The number of hydrogen-bond donors (Lipinski definition) is 1. The van der Waals surface area contributed by atoms with Crippen molar-refractivity contribution in [1.29, 1.82) is 0 Å². The third-order valence-corrected chi connectivity index (χ3v) is 6.62. The number of benzene rings is 3. The average molecular weight is 425 g/mol. The maximum absolute atomic E-state index is 13.0. The van der Waals surface area contributed by atoms with Crippen molar-refractivity contribution in [2.75, 3.05) is 23.8 Å². The van der Waals surface area contributed by atoms with Gasteiger partial charge in [-0.2, -0.15) is 0 Å². The first-order valence-electron chi connectivity index (χ1n) is 9.34. The summed E-state index contributed by atoms with van der Waals surface area (Å²) in [7, 11) is -0.807. The van der Waals surface area contributed by atoms with Gasteiger partial charge < -0.3 is 10.1 Å². The molecule has 0 bridgehead atoms. The molecule has 3 aromatic carbocycles. The van der Waals surface area contributed by atoms with Gasteiger partial charge in [-0.25, -0.2) is 8.42 Å². The van der Waals surface area contributed by atoms with Crippen LogP contribution in [0.3, 0.4) is 0 Å². The van der Waals surface area contributed by atoms with E-state index in [1.165, 1.54) is 26.3 Å². The molecule has 6 nitrogen and oxygen atoms in total. The van der Waals surface area contributed by atoms with Gasteiger partial charge in [0.2, 0.25) is 0 Å². The summed E-state index contributed by atoms with van der Waals surface area (Å²) in [6.45, 7) is 3.91. The second kappa shape index (κ2) is 8.59. The Bertz CT molecular complexity index is 1170. The van der Waals surface area contributed by atoms with E-state index >= 15 is 0 Å². The van der Waals surface area contributed by atoms with E-state index in [2.05, 4.69) is 5.32 Å². The number of nitrogens with zero attached hydrogens (tertiary/aromatic N) is 1. The number of carbonyl (C=O) groups excluding carboxylic acids is 1. The largest absolute Gasteiger partial charge is 0.497 e. The predicted molar refractivity (Wildman–Crippen MR) is 119 cm³/mol. The van der Waals surface area contributed by atoms with E-state index in [1.54, 1.807) is 36.4 Å². The molecule has 0 saturated heterocycles. The minimum atomic E-state index is -3.78. The summed E-state index contributed by atoms with van der Waals surface area (Å²) in [5.74, 6) is 0.265. The Morgan fingerprint density at radius 3 is 2.30 bits per heavy atom. The van der Waals surface area contributed by atoms with Crippen LogP contribution in [-0.4, -0.2) is 28.5 Å². The van der Waals surface area contributed by atoms with Crippen LogP contribution in [0.15, 0.2) is 71.6 Å². The SMILES string of the molecule is COc1ccc(S(=O)(=O)N(C)c2cccc(C(=O)Nc3ccc(C)cc3C)c2)cc1. The molecular formula is C23H24N2O4S. The summed E-state index contributed by atoms with van der Waals surface area (Å²) in [6.07, 6.45) is 0. The molecule has 0 aliphatic carbocycles. The van der Waals surface area contributed by atoms with Crippen LogP contribution >= 0.6 is 0 Å². The molecule has 0 aliphatic heterocycles. The highest BCUT2D eigenvalue weighted by Crippen LogP contribution is 2.25. The molecule has 3 rings (SSSR count). The van der Waals surface area contributed by atoms with E-state index in [-0.39, 0.29) is 10.8 Å². The highest BCUT2D eigenvalue weighted by molar-refractivity contribution is 7.92. The first-order valence-corrected chi connectivity index (χ1v) is 10.8. The molecule has 1 amide bonds. The van der Waals surface area contributed by atoms with Crippen molar-refractivity contribution in [3.05, 3.63) is 83.4 Å². The molecular weight excluding hydrogens is 400 g/mol. The van der Waals surface area contributed by atoms with Crippen LogP contribution < -0.4 is 14.4 Å². The van der Waals surface area contributed by atoms with Gasteiger partial charge in [0.15, 0.2) is 0 Å². The van der Waals surface area contributed by atoms with Crippen LogP contribution in [0.5, 0.6) is 5.75 Å². The Morgan fingerprint density at radius 2 is 1.67 bits per heavy atom. The van der Waals surface area contributed by atoms with Gasteiger partial charge in [0, 0.05) is 18.3 Å². The van der Waals surface area contributed by atoms with Crippen molar-refractivity contribution in [3.8, 4) is 5.75 Å². The van der Waals surface area contributed by atoms with Crippen molar-refractivity contribution in [2.45, 2.75) is 18.7 Å². The molecule has 0 spiro atoms. The number of aryl methyl sites for hydroxylation is 2. The molecule has 7 heteroatoms. The second-order valence-electron chi connectivity index (χ2n) is 6.97. The Kier molecular flexibility index (Phi) is 6.12. The fraction of sp³-hybridized carbons (Fsp3) is 0.174. The Morgan fingerprint density at radius 1 is 0.967 bits per heavy atom. The molecule has 1 N–H and O–H groups in total. The summed E-state index contributed by atoms with van der Waals surface area (Å²) < 4.78 is 32.2. The molecule has 0 saturated carbocycles. The van der Waals surface area contributed by atoms with Crippen LogP contribution in [0.25, 0.3) is 0 Å². The summed E-state index contributed by atoms with van der Waals surface area (Å²) in [4.78, 5) is 12.9. The highest BCUT2D eigenvalue weighted by Gasteiger charge is 2.22. The fourth-order valence-corrected chi connectivity index (χ4v) is 4.22. The van der Waals surface area contributed by atoms with Crippen molar-refractivity contribution in [3.63, 3.8) is 0 Å². The number of methoxy groups -OCH3 is 1. The van der Waals surface area contributed by atoms with Gasteiger partial charge in [0.1, 0.15) is 5.75 Å². The van der Waals surface area contributed by atoms with E-state index in [1.807, 2.05) is 32.0 Å². The number of ether oxygens (including phenoxy) is 1. The topological polar surface area (TPSA) is 75.7 Å². The zero-order valence-electron chi connectivity index (χ0n) is 17.3. The van der Waals surface area contributed by atoms with E-state index in [9.17, 15) is 13.2 Å². The van der Waals surface area contributed by atoms with Gasteiger partial charge in [0.05, 0.1) is 17.7 Å². The molecule has 0 aliphatic rings. The zero-order chi connectivity index (χ0) is 21.9. The van der Waals surface area contributed by atoms with Crippen molar-refractivity contribution < 1.29 is 17.9 Å². The van der Waals surface area contributed by atoms with Gasteiger partial charge in [-0.15, -0.1) is 0 Å². The van der Waals surface area contributed by atoms with Crippen LogP contribution in [0, 0.1) is 13.8 Å². The van der Waals surface area contributed by atoms with Gasteiger partial charge in [0.25, 0.3) is 15.9 Å². The molecule has 0 fully saturated rings. The minimum Gasteiger partial charge on any atom is -0.497 e. The average Bonchev–Trinajstić information content (AvgIpc) is 2.75. The maximum Gasteiger partial charge on any atom is 0.264 e. The first kappa shape index (κ1) is 21.4. The molecule has 30 heavy (non-hydrogen) atoms. The van der Waals surface area contributed by atoms with E-state index in [0.717, 1.165) is 21.1 Å². The summed E-state index contributed by atoms with van der Waals surface area (Å²) in [5.41, 5.74) is 3.54. The monoisotopic (exact) mass is 424 g/mol. The van der Waals surface area contributed by atoms with Crippen LogP contribution in [-0.2, 0) is 10.0 Å². The van der Waals surface area contributed by atoms with Gasteiger partial charge >= 0.3 is 0 Å². The highest BCUT2D eigenvalue weighted by atomic mass is 32.2. The second-order valence-corrected chi connectivity index (χ2v) is 8.94. The quantitative estimate of drug-likeness (QED) is 0.637. The van der Waals surface area contributed by atoms with Gasteiger partial charge in [-0.05, 0) is 67.9 Å². The van der Waals surface area contributed by atoms with Crippen LogP contribution in [0.2, 0.25) is 0 Å². The van der Waals surface area contributed by atoms with Crippen LogP contribution in [0.4, 0.5) is 11.4 Å². The third-order valence-electron chi connectivity index (χ3n) is 4.82.